The maximum absolute atomic E-state index is 12.8. The predicted octanol–water partition coefficient (Wildman–Crippen LogP) is 2.93. The number of hydrogen-bond donors (Lipinski definition) is 0. The molecule has 7 nitrogen and oxygen atoms in total. The zero-order chi connectivity index (χ0) is 18.3. The third-order valence-electron chi connectivity index (χ3n) is 4.53. The van der Waals surface area contributed by atoms with E-state index >= 15 is 0 Å². The van der Waals surface area contributed by atoms with Crippen LogP contribution >= 0.6 is 7.74 Å². The fourth-order valence-electron chi connectivity index (χ4n) is 3.06. The molecule has 8 heteroatoms. The van der Waals surface area contributed by atoms with Gasteiger partial charge in [-0.2, -0.15) is 0 Å². The number of ketones is 2. The van der Waals surface area contributed by atoms with E-state index in [2.05, 4.69) is 0 Å². The van der Waals surface area contributed by atoms with Gasteiger partial charge in [-0.25, -0.2) is 0 Å². The van der Waals surface area contributed by atoms with Crippen molar-refractivity contribution < 1.29 is 32.2 Å². The first-order valence-corrected chi connectivity index (χ1v) is 9.19. The van der Waals surface area contributed by atoms with Crippen molar-refractivity contribution in [2.45, 2.75) is 32.0 Å². The van der Waals surface area contributed by atoms with Crippen molar-refractivity contribution in [3.05, 3.63) is 35.9 Å². The summed E-state index contributed by atoms with van der Waals surface area (Å²) in [7, 11) is -0.763. The molecule has 1 aromatic rings. The molecule has 1 aromatic carbocycles. The van der Waals surface area contributed by atoms with E-state index < -0.39 is 30.5 Å². The zero-order valence-corrected chi connectivity index (χ0v) is 15.6. The second-order valence-corrected chi connectivity index (χ2v) is 8.62. The van der Waals surface area contributed by atoms with E-state index in [1.165, 1.54) is 42.1 Å². The molecule has 2 unspecified atom stereocenters. The quantitative estimate of drug-likeness (QED) is 0.723. The predicted molar refractivity (Wildman–Crippen MR) is 88.0 cm³/mol. The average Bonchev–Trinajstić information content (AvgIpc) is 2.86. The van der Waals surface area contributed by atoms with E-state index in [9.17, 15) is 9.59 Å². The molecular formula is C16H23O7P. The van der Waals surface area contributed by atoms with Gasteiger partial charge in [-0.15, -0.1) is 0 Å². The van der Waals surface area contributed by atoms with Gasteiger partial charge in [0.05, 0.1) is 0 Å². The fourth-order valence-corrected chi connectivity index (χ4v) is 5.70. The molecule has 1 saturated heterocycles. The molecule has 1 aliphatic heterocycles. The van der Waals surface area contributed by atoms with Crippen LogP contribution in [0.25, 0.3) is 0 Å². The summed E-state index contributed by atoms with van der Waals surface area (Å²) in [6, 6.07) is 8.64. The average molecular weight is 358 g/mol. The Balaban J connectivity index is 2.86. The van der Waals surface area contributed by atoms with Crippen LogP contribution in [-0.2, 0) is 37.8 Å². The summed E-state index contributed by atoms with van der Waals surface area (Å²) < 4.78 is 28.2. The van der Waals surface area contributed by atoms with Crippen molar-refractivity contribution in [3.8, 4) is 0 Å². The summed E-state index contributed by atoms with van der Waals surface area (Å²) in [4.78, 5) is 25.3. The Labute approximate surface area is 141 Å². The summed E-state index contributed by atoms with van der Waals surface area (Å²) >= 11 is 0. The van der Waals surface area contributed by atoms with Crippen LogP contribution in [0.4, 0.5) is 0 Å². The minimum atomic E-state index is -4.62. The van der Waals surface area contributed by atoms with Gasteiger partial charge in [0, 0.05) is 0 Å². The van der Waals surface area contributed by atoms with Gasteiger partial charge in [0.1, 0.15) is 0 Å². The van der Waals surface area contributed by atoms with Crippen LogP contribution in [0.2, 0.25) is 0 Å². The minimum absolute atomic E-state index is 0.417. The summed E-state index contributed by atoms with van der Waals surface area (Å²) in [5.74, 6) is -0.844. The van der Waals surface area contributed by atoms with Gasteiger partial charge in [-0.3, -0.25) is 0 Å². The third-order valence-corrected chi connectivity index (χ3v) is 7.56. The standard InChI is InChI=1S/C16H23O7P/c1-12(17)15(3)16(13(2)18,14-10-8-7-9-11-14)23-24(19-4,20-5,21-6)22-15/h7-11H,1-6H3. The molecule has 24 heavy (non-hydrogen) atoms. The SMILES string of the molecule is COP1(OC)(OC)OC(C)(C(C)=O)C(C(C)=O)(c2ccccc2)O1. The van der Waals surface area contributed by atoms with Crippen LogP contribution in [0.1, 0.15) is 26.3 Å². The van der Waals surface area contributed by atoms with Gasteiger partial charge in [0.15, 0.2) is 0 Å². The number of hydrogen-bond acceptors (Lipinski definition) is 7. The first-order chi connectivity index (χ1) is 11.2. The molecule has 0 N–H and O–H groups in total. The van der Waals surface area contributed by atoms with Gasteiger partial charge >= 0.3 is 141 Å². The molecule has 1 heterocycles. The monoisotopic (exact) mass is 358 g/mol. The van der Waals surface area contributed by atoms with Crippen molar-refractivity contribution in [1.82, 2.24) is 0 Å². The Hall–Kier alpha value is -1.21. The number of carbonyl (C=O) groups excluding carboxylic acids is 2. The van der Waals surface area contributed by atoms with Crippen molar-refractivity contribution in [1.29, 1.82) is 0 Å². The Morgan fingerprint density at radius 1 is 0.917 bits per heavy atom. The van der Waals surface area contributed by atoms with Crippen molar-refractivity contribution in [3.63, 3.8) is 0 Å². The van der Waals surface area contributed by atoms with Gasteiger partial charge in [-0.05, 0) is 0 Å². The van der Waals surface area contributed by atoms with Crippen molar-refractivity contribution in [2.75, 3.05) is 21.3 Å². The Bertz CT molecular complexity index is 647. The molecular weight excluding hydrogens is 335 g/mol. The second-order valence-electron chi connectivity index (χ2n) is 5.67. The molecule has 1 fully saturated rings. The summed E-state index contributed by atoms with van der Waals surface area (Å²) in [5.41, 5.74) is -3.01. The van der Waals surface area contributed by atoms with Crippen LogP contribution in [-0.4, -0.2) is 38.5 Å². The zero-order valence-electron chi connectivity index (χ0n) is 14.7. The molecule has 0 bridgehead atoms. The van der Waals surface area contributed by atoms with E-state index in [1.807, 2.05) is 0 Å². The number of Topliss-reactive ketones (excluding diaryl/α,β-unsaturated/α-hetero) is 2. The Morgan fingerprint density at radius 2 is 1.42 bits per heavy atom. The molecule has 2 atom stereocenters. The molecule has 0 spiro atoms. The molecule has 0 aromatic heterocycles. The van der Waals surface area contributed by atoms with Crippen LogP contribution in [0.15, 0.2) is 30.3 Å². The van der Waals surface area contributed by atoms with Gasteiger partial charge < -0.3 is 0 Å². The Kier molecular flexibility index (Phi) is 4.74. The van der Waals surface area contributed by atoms with Gasteiger partial charge in [-0.1, -0.05) is 0 Å². The van der Waals surface area contributed by atoms with E-state index in [4.69, 9.17) is 22.6 Å². The Morgan fingerprint density at radius 3 is 1.79 bits per heavy atom. The molecule has 0 saturated carbocycles. The molecule has 1 aliphatic rings. The van der Waals surface area contributed by atoms with E-state index in [0.717, 1.165) is 0 Å². The molecule has 0 aliphatic carbocycles. The number of benzene rings is 1. The van der Waals surface area contributed by atoms with Gasteiger partial charge in [0.2, 0.25) is 0 Å². The van der Waals surface area contributed by atoms with Gasteiger partial charge in [0.25, 0.3) is 0 Å². The van der Waals surface area contributed by atoms with Crippen molar-refractivity contribution >= 4 is 19.3 Å². The first-order valence-electron chi connectivity index (χ1n) is 7.36. The number of carbonyl (C=O) groups is 2. The fraction of sp³-hybridized carbons (Fsp3) is 0.500. The van der Waals surface area contributed by atoms with E-state index in [1.54, 1.807) is 30.3 Å². The molecule has 2 rings (SSSR count). The summed E-state index contributed by atoms with van der Waals surface area (Å²) in [6.07, 6.45) is 0. The maximum atomic E-state index is 12.8. The third kappa shape index (κ3) is 2.28. The molecule has 0 amide bonds. The summed E-state index contributed by atoms with van der Waals surface area (Å²) in [6.45, 7) is 4.13. The number of rotatable bonds is 6. The normalized spacial score (nSPS) is 32.7. The van der Waals surface area contributed by atoms with Crippen LogP contribution in [0.5, 0.6) is 0 Å². The topological polar surface area (TPSA) is 80.3 Å². The van der Waals surface area contributed by atoms with E-state index in [0.29, 0.717) is 5.56 Å². The second kappa shape index (κ2) is 5.95. The van der Waals surface area contributed by atoms with Crippen molar-refractivity contribution in [2.24, 2.45) is 0 Å². The summed E-state index contributed by atoms with van der Waals surface area (Å²) in [5, 5.41) is 0. The van der Waals surface area contributed by atoms with Crippen LogP contribution < -0.4 is 0 Å². The van der Waals surface area contributed by atoms with E-state index in [-0.39, 0.29) is 0 Å². The molecule has 0 radical (unpaired) electrons. The van der Waals surface area contributed by atoms with Crippen LogP contribution in [0.3, 0.4) is 0 Å². The first kappa shape index (κ1) is 19.1. The molecule has 134 valence electrons. The van der Waals surface area contributed by atoms with Crippen LogP contribution in [0, 0.1) is 0 Å².